The first kappa shape index (κ1) is 22.6. The highest BCUT2D eigenvalue weighted by Crippen LogP contribution is 2.54. The fraction of sp³-hybridized carbons (Fsp3) is 0.636. The molecule has 0 aromatic carbocycles. The summed E-state index contributed by atoms with van der Waals surface area (Å²) in [7, 11) is 0. The first-order valence-electron chi connectivity index (χ1n) is 7.20. The number of hydrogen-bond donors (Lipinski definition) is 8. The van der Waals surface area contributed by atoms with Crippen molar-refractivity contribution >= 4 is 23.6 Å². The number of amides is 4. The first-order valence-corrected chi connectivity index (χ1v) is 7.20. The Morgan fingerprint density at radius 1 is 0.778 bits per heavy atom. The van der Waals surface area contributed by atoms with Crippen LogP contribution >= 0.6 is 0 Å². The summed E-state index contributed by atoms with van der Waals surface area (Å²) in [6.45, 7) is 1.21. The Morgan fingerprint density at radius 3 is 1.56 bits per heavy atom. The lowest BCUT2D eigenvalue weighted by atomic mass is 9.72. The van der Waals surface area contributed by atoms with Gasteiger partial charge in [-0.3, -0.25) is 60.8 Å². The van der Waals surface area contributed by atoms with Crippen molar-refractivity contribution < 1.29 is 60.8 Å². The lowest BCUT2D eigenvalue weighted by Gasteiger charge is -2.34. The number of hydroxylamine groups is 8. The van der Waals surface area contributed by atoms with E-state index in [1.54, 1.807) is 0 Å². The Kier molecular flexibility index (Phi) is 6.75. The van der Waals surface area contributed by atoms with Crippen molar-refractivity contribution in [3.05, 3.63) is 0 Å². The van der Waals surface area contributed by atoms with Gasteiger partial charge in [-0.05, 0) is 12.8 Å². The summed E-state index contributed by atoms with van der Waals surface area (Å²) >= 11 is 0. The fourth-order valence-corrected chi connectivity index (χ4v) is 3.51. The average Bonchev–Trinajstić information content (AvgIpc) is 2.94. The normalized spacial score (nSPS) is 27.1. The predicted molar refractivity (Wildman–Crippen MR) is 69.5 cm³/mol. The van der Waals surface area contributed by atoms with E-state index >= 15 is 0 Å². The zero-order chi connectivity index (χ0) is 21.3. The van der Waals surface area contributed by atoms with Crippen LogP contribution in [0, 0.1) is 23.2 Å². The Labute approximate surface area is 149 Å². The van der Waals surface area contributed by atoms with Gasteiger partial charge in [0.2, 0.25) is 0 Å². The molecule has 0 aromatic rings. The molecule has 1 aliphatic rings. The molecule has 154 valence electrons. The van der Waals surface area contributed by atoms with E-state index in [9.17, 15) is 19.2 Å². The van der Waals surface area contributed by atoms with Crippen molar-refractivity contribution in [2.45, 2.75) is 19.8 Å². The quantitative estimate of drug-likeness (QED) is 0.186. The van der Waals surface area contributed by atoms with Crippen molar-refractivity contribution in [1.29, 1.82) is 0 Å². The maximum absolute atomic E-state index is 12.3. The summed E-state index contributed by atoms with van der Waals surface area (Å²) in [5, 5.41) is 68.1. The molecule has 4 unspecified atom stereocenters. The number of hydrogen-bond acceptors (Lipinski definition) is 12. The number of nitrogens with zero attached hydrogens (tertiary/aromatic N) is 4. The number of carbonyl (C=O) groups is 4. The summed E-state index contributed by atoms with van der Waals surface area (Å²) in [6, 6.07) is 0. The second-order valence-electron chi connectivity index (χ2n) is 5.80. The van der Waals surface area contributed by atoms with Crippen molar-refractivity contribution in [3.8, 4) is 0 Å². The minimum atomic E-state index is -2.35. The van der Waals surface area contributed by atoms with Gasteiger partial charge in [0.25, 0.3) is 23.6 Å². The Morgan fingerprint density at radius 2 is 1.22 bits per heavy atom. The molecule has 1 aliphatic carbocycles. The van der Waals surface area contributed by atoms with E-state index in [1.807, 2.05) is 0 Å². The highest BCUT2D eigenvalue weighted by Gasteiger charge is 2.66. The standard InChI is InChI=1S/C11H18N4O12/c1-2-11(10(19)15(26)27)3-4(7(16)12(20)21)5(8(17)13(22)23)6(11)9(18)14(24)25/h4-6,20-27H,2-3H2,1H3. The van der Waals surface area contributed by atoms with Gasteiger partial charge in [0.1, 0.15) is 0 Å². The molecule has 0 spiro atoms. The van der Waals surface area contributed by atoms with Gasteiger partial charge in [0.05, 0.1) is 23.2 Å². The SMILES string of the molecule is CCC1(C(=O)N(O)O)CC(C(=O)N(O)O)C(C(=O)N(O)O)C1C(=O)N(O)O. The molecule has 1 saturated carbocycles. The van der Waals surface area contributed by atoms with Crippen molar-refractivity contribution in [3.63, 3.8) is 0 Å². The maximum atomic E-state index is 12.3. The van der Waals surface area contributed by atoms with Gasteiger partial charge in [-0.1, -0.05) is 27.8 Å². The third-order valence-corrected chi connectivity index (χ3v) is 4.67. The lowest BCUT2D eigenvalue weighted by Crippen LogP contribution is -2.52. The summed E-state index contributed by atoms with van der Waals surface area (Å²) in [6.07, 6.45) is -1.39. The van der Waals surface area contributed by atoms with E-state index in [4.69, 9.17) is 41.7 Å². The number of carbonyl (C=O) groups excluding carboxylic acids is 4. The summed E-state index contributed by atoms with van der Waals surface area (Å²) in [5.74, 6) is -13.3. The molecule has 0 aliphatic heterocycles. The smallest absolute Gasteiger partial charge is 0.270 e. The van der Waals surface area contributed by atoms with E-state index in [0.717, 1.165) is 0 Å². The van der Waals surface area contributed by atoms with Crippen molar-refractivity contribution in [2.75, 3.05) is 0 Å². The molecule has 0 aromatic heterocycles. The largest absolute Gasteiger partial charge is 0.280 e. The Hall–Kier alpha value is -2.44. The molecule has 16 nitrogen and oxygen atoms in total. The van der Waals surface area contributed by atoms with Gasteiger partial charge < -0.3 is 0 Å². The van der Waals surface area contributed by atoms with Gasteiger partial charge >= 0.3 is 0 Å². The molecule has 0 bridgehead atoms. The molecule has 16 heteroatoms. The van der Waals surface area contributed by atoms with E-state index in [-0.39, 0.29) is 0 Å². The number of rotatable bonds is 5. The molecule has 0 radical (unpaired) electrons. The van der Waals surface area contributed by atoms with Crippen LogP contribution in [-0.2, 0) is 19.2 Å². The molecule has 1 rings (SSSR count). The van der Waals surface area contributed by atoms with Crippen LogP contribution < -0.4 is 0 Å². The van der Waals surface area contributed by atoms with Gasteiger partial charge in [0, 0.05) is 0 Å². The molecular formula is C11H18N4O12. The summed E-state index contributed by atoms with van der Waals surface area (Å²) in [5.41, 5.74) is -2.35. The molecule has 0 saturated heterocycles. The second-order valence-corrected chi connectivity index (χ2v) is 5.80. The van der Waals surface area contributed by atoms with Crippen molar-refractivity contribution in [2.24, 2.45) is 23.2 Å². The van der Waals surface area contributed by atoms with Gasteiger partial charge in [-0.25, -0.2) is 0 Å². The minimum Gasteiger partial charge on any atom is -0.270 e. The van der Waals surface area contributed by atoms with Crippen LogP contribution in [0.4, 0.5) is 0 Å². The summed E-state index contributed by atoms with van der Waals surface area (Å²) in [4.78, 5) is 48.7. The average molecular weight is 398 g/mol. The van der Waals surface area contributed by atoms with Crippen LogP contribution in [0.15, 0.2) is 0 Å². The van der Waals surface area contributed by atoms with Gasteiger partial charge in [-0.2, -0.15) is 0 Å². The Balaban J connectivity index is 3.72. The molecule has 27 heavy (non-hydrogen) atoms. The lowest BCUT2D eigenvalue weighted by molar-refractivity contribution is -0.304. The highest BCUT2D eigenvalue weighted by atomic mass is 16.8. The monoisotopic (exact) mass is 398 g/mol. The topological polar surface area (TPSA) is 243 Å². The molecule has 0 heterocycles. The van der Waals surface area contributed by atoms with Crippen LogP contribution in [0.25, 0.3) is 0 Å². The van der Waals surface area contributed by atoms with Crippen LogP contribution in [0.5, 0.6) is 0 Å². The summed E-state index contributed by atoms with van der Waals surface area (Å²) < 4.78 is 0. The third kappa shape index (κ3) is 3.82. The van der Waals surface area contributed by atoms with E-state index in [0.29, 0.717) is 0 Å². The highest BCUT2D eigenvalue weighted by molar-refractivity contribution is 5.98. The molecule has 4 amide bonds. The molecule has 8 N–H and O–H groups in total. The fourth-order valence-electron chi connectivity index (χ4n) is 3.51. The van der Waals surface area contributed by atoms with Crippen LogP contribution in [0.2, 0.25) is 0 Å². The Bertz CT molecular complexity index is 622. The molecular weight excluding hydrogens is 380 g/mol. The molecule has 4 atom stereocenters. The van der Waals surface area contributed by atoms with Gasteiger partial charge in [0.15, 0.2) is 0 Å². The van der Waals surface area contributed by atoms with E-state index < -0.39 is 80.5 Å². The molecule has 1 fully saturated rings. The van der Waals surface area contributed by atoms with Crippen molar-refractivity contribution in [1.82, 2.24) is 20.9 Å². The van der Waals surface area contributed by atoms with Gasteiger partial charge in [-0.15, -0.1) is 0 Å². The third-order valence-electron chi connectivity index (χ3n) is 4.67. The zero-order valence-corrected chi connectivity index (χ0v) is 13.6. The second kappa shape index (κ2) is 8.06. The van der Waals surface area contributed by atoms with Crippen LogP contribution in [0.3, 0.4) is 0 Å². The zero-order valence-electron chi connectivity index (χ0n) is 13.6. The van der Waals surface area contributed by atoms with Crippen LogP contribution in [-0.4, -0.2) is 86.2 Å². The van der Waals surface area contributed by atoms with Crippen LogP contribution in [0.1, 0.15) is 19.8 Å². The first-order chi connectivity index (χ1) is 12.3. The maximum Gasteiger partial charge on any atom is 0.280 e. The van der Waals surface area contributed by atoms with E-state index in [1.165, 1.54) is 6.92 Å². The minimum absolute atomic E-state index is 0.491. The van der Waals surface area contributed by atoms with E-state index in [2.05, 4.69) is 0 Å². The predicted octanol–water partition coefficient (Wildman–Crippen LogP) is -1.94.